The normalized spacial score (nSPS) is 11.8. The molecule has 0 spiro atoms. The molecule has 5 aromatic rings. The highest BCUT2D eigenvalue weighted by Gasteiger charge is 2.30. The van der Waals surface area contributed by atoms with Gasteiger partial charge in [-0.05, 0) is 65.2 Å². The SMILES string of the molecule is COc1cc(OC)c(Br)c(-n2c(C(C)N(CCc3ccccc3)C(=O)c3ccc(Cl)cc3Cl)nc3ccccc3c2=O)c1. The Morgan fingerprint density at radius 1 is 0.977 bits per heavy atom. The Labute approximate surface area is 267 Å². The maximum atomic E-state index is 14.2. The zero-order valence-corrected chi connectivity index (χ0v) is 26.8. The van der Waals surface area contributed by atoms with Crippen LogP contribution in [0.4, 0.5) is 0 Å². The number of nitrogens with zero attached hydrogens (tertiary/aromatic N) is 3. The van der Waals surface area contributed by atoms with E-state index in [0.29, 0.717) is 61.9 Å². The van der Waals surface area contributed by atoms with Crippen LogP contribution in [0.15, 0.2) is 94.2 Å². The fourth-order valence-electron chi connectivity index (χ4n) is 4.97. The van der Waals surface area contributed by atoms with Crippen molar-refractivity contribution in [3.05, 3.63) is 127 Å². The highest BCUT2D eigenvalue weighted by atomic mass is 79.9. The van der Waals surface area contributed by atoms with Crippen molar-refractivity contribution in [2.45, 2.75) is 19.4 Å². The van der Waals surface area contributed by atoms with Crippen molar-refractivity contribution < 1.29 is 14.3 Å². The van der Waals surface area contributed by atoms with Gasteiger partial charge in [-0.1, -0.05) is 65.7 Å². The minimum absolute atomic E-state index is 0.235. The summed E-state index contributed by atoms with van der Waals surface area (Å²) in [4.78, 5) is 35.1. The molecule has 0 bridgehead atoms. The Balaban J connectivity index is 1.73. The molecule has 1 aromatic heterocycles. The van der Waals surface area contributed by atoms with Crippen LogP contribution in [0.25, 0.3) is 16.6 Å². The standard InChI is InChI=1S/C33H28BrCl2N3O4/c1-20(38(16-15-21-9-5-4-6-10-21)32(40)24-14-13-22(35)17-26(24)36)31-37-27-12-8-7-11-25(27)33(41)39(31)28-18-23(42-2)19-29(43-3)30(28)34/h4-14,17-20H,15-16H2,1-3H3. The number of ether oxygens (including phenoxy) is 2. The summed E-state index contributed by atoms with van der Waals surface area (Å²) in [5.41, 5.74) is 2.02. The number of amides is 1. The number of fused-ring (bicyclic) bond motifs is 1. The van der Waals surface area contributed by atoms with E-state index in [1.165, 1.54) is 18.8 Å². The van der Waals surface area contributed by atoms with Gasteiger partial charge in [0.15, 0.2) is 0 Å². The lowest BCUT2D eigenvalue weighted by Crippen LogP contribution is -2.39. The largest absolute Gasteiger partial charge is 0.497 e. The smallest absolute Gasteiger partial charge is 0.266 e. The van der Waals surface area contributed by atoms with Gasteiger partial charge in [-0.2, -0.15) is 0 Å². The first-order valence-corrected chi connectivity index (χ1v) is 15.0. The lowest BCUT2D eigenvalue weighted by molar-refractivity contribution is 0.0683. The first kappa shape index (κ1) is 30.6. The van der Waals surface area contributed by atoms with E-state index in [1.807, 2.05) is 43.3 Å². The Bertz CT molecular complexity index is 1860. The zero-order chi connectivity index (χ0) is 30.7. The van der Waals surface area contributed by atoms with Gasteiger partial charge in [-0.25, -0.2) is 4.98 Å². The average molecular weight is 681 g/mol. The minimum atomic E-state index is -0.677. The molecule has 0 saturated heterocycles. The third-order valence-electron chi connectivity index (χ3n) is 7.24. The minimum Gasteiger partial charge on any atom is -0.497 e. The monoisotopic (exact) mass is 679 g/mol. The van der Waals surface area contributed by atoms with E-state index in [0.717, 1.165) is 5.56 Å². The molecule has 1 heterocycles. The number of para-hydroxylation sites is 1. The number of carbonyl (C=O) groups is 1. The number of hydrogen-bond donors (Lipinski definition) is 0. The topological polar surface area (TPSA) is 73.7 Å². The molecule has 0 saturated carbocycles. The van der Waals surface area contributed by atoms with E-state index >= 15 is 0 Å². The third kappa shape index (κ3) is 6.27. The number of carbonyl (C=O) groups excluding carboxylic acids is 1. The van der Waals surface area contributed by atoms with Crippen molar-refractivity contribution in [2.75, 3.05) is 20.8 Å². The van der Waals surface area contributed by atoms with E-state index < -0.39 is 6.04 Å². The fourth-order valence-corrected chi connectivity index (χ4v) is 6.03. The molecule has 0 aliphatic rings. The lowest BCUT2D eigenvalue weighted by Gasteiger charge is -2.31. The summed E-state index contributed by atoms with van der Waals surface area (Å²) in [5, 5.41) is 1.08. The fraction of sp³-hybridized carbons (Fsp3) is 0.182. The van der Waals surface area contributed by atoms with Gasteiger partial charge >= 0.3 is 0 Å². The van der Waals surface area contributed by atoms with Gasteiger partial charge in [0, 0.05) is 23.7 Å². The van der Waals surface area contributed by atoms with Crippen LogP contribution in [-0.4, -0.2) is 41.1 Å². The Kier molecular flexibility index (Phi) is 9.40. The summed E-state index contributed by atoms with van der Waals surface area (Å²) in [5.74, 6) is 0.990. The van der Waals surface area contributed by atoms with Gasteiger partial charge in [0.1, 0.15) is 17.3 Å². The molecule has 1 atom stereocenters. The van der Waals surface area contributed by atoms with E-state index in [1.54, 1.807) is 53.4 Å². The Morgan fingerprint density at radius 2 is 1.70 bits per heavy atom. The van der Waals surface area contributed by atoms with Crippen LogP contribution in [-0.2, 0) is 6.42 Å². The second-order valence-corrected chi connectivity index (χ2v) is 11.5. The average Bonchev–Trinajstić information content (AvgIpc) is 3.01. The van der Waals surface area contributed by atoms with E-state index in [9.17, 15) is 9.59 Å². The van der Waals surface area contributed by atoms with Crippen molar-refractivity contribution in [2.24, 2.45) is 0 Å². The first-order valence-electron chi connectivity index (χ1n) is 13.5. The first-order chi connectivity index (χ1) is 20.7. The highest BCUT2D eigenvalue weighted by Crippen LogP contribution is 2.37. The van der Waals surface area contributed by atoms with Crippen molar-refractivity contribution in [1.82, 2.24) is 14.5 Å². The highest BCUT2D eigenvalue weighted by molar-refractivity contribution is 9.10. The summed E-state index contributed by atoms with van der Waals surface area (Å²) in [7, 11) is 3.07. The van der Waals surface area contributed by atoms with Gasteiger partial charge in [0.25, 0.3) is 11.5 Å². The predicted octanol–water partition coefficient (Wildman–Crippen LogP) is 7.92. The number of methoxy groups -OCH3 is 2. The molecule has 0 N–H and O–H groups in total. The quantitative estimate of drug-likeness (QED) is 0.158. The van der Waals surface area contributed by atoms with Crippen LogP contribution >= 0.6 is 39.1 Å². The summed E-state index contributed by atoms with van der Waals surface area (Å²) in [6.45, 7) is 2.18. The van der Waals surface area contributed by atoms with Crippen LogP contribution in [0, 0.1) is 0 Å². The van der Waals surface area contributed by atoms with Crippen LogP contribution in [0.5, 0.6) is 11.5 Å². The molecular weight excluding hydrogens is 653 g/mol. The Hall–Kier alpha value is -3.85. The number of halogens is 3. The molecule has 43 heavy (non-hydrogen) atoms. The van der Waals surface area contributed by atoms with Crippen molar-refractivity contribution in [3.8, 4) is 17.2 Å². The summed E-state index contributed by atoms with van der Waals surface area (Å²) >= 11 is 16.3. The molecule has 1 unspecified atom stereocenters. The molecular formula is C33H28BrCl2N3O4. The van der Waals surface area contributed by atoms with Crippen LogP contribution in [0.3, 0.4) is 0 Å². The molecule has 7 nitrogen and oxygen atoms in total. The van der Waals surface area contributed by atoms with Gasteiger partial charge in [-0.15, -0.1) is 0 Å². The summed E-state index contributed by atoms with van der Waals surface area (Å²) < 4.78 is 13.1. The predicted molar refractivity (Wildman–Crippen MR) is 174 cm³/mol. The Morgan fingerprint density at radius 3 is 2.40 bits per heavy atom. The lowest BCUT2D eigenvalue weighted by atomic mass is 10.1. The molecule has 4 aromatic carbocycles. The molecule has 220 valence electrons. The molecule has 0 aliphatic heterocycles. The second-order valence-electron chi connectivity index (χ2n) is 9.82. The van der Waals surface area contributed by atoms with Gasteiger partial charge in [-0.3, -0.25) is 14.2 Å². The van der Waals surface area contributed by atoms with Gasteiger partial charge in [0.2, 0.25) is 0 Å². The summed E-state index contributed by atoms with van der Waals surface area (Å²) in [6.07, 6.45) is 0.566. The molecule has 0 aliphatic carbocycles. The van der Waals surface area contributed by atoms with E-state index in [4.69, 9.17) is 37.7 Å². The van der Waals surface area contributed by atoms with Crippen LogP contribution < -0.4 is 15.0 Å². The van der Waals surface area contributed by atoms with Crippen molar-refractivity contribution in [1.29, 1.82) is 0 Å². The summed E-state index contributed by atoms with van der Waals surface area (Å²) in [6, 6.07) is 24.5. The maximum absolute atomic E-state index is 14.2. The third-order valence-corrected chi connectivity index (χ3v) is 8.58. The van der Waals surface area contributed by atoms with Crippen LogP contribution in [0.1, 0.15) is 34.7 Å². The van der Waals surface area contributed by atoms with Gasteiger partial charge < -0.3 is 14.4 Å². The molecule has 0 radical (unpaired) electrons. The zero-order valence-electron chi connectivity index (χ0n) is 23.7. The van der Waals surface area contributed by atoms with E-state index in [-0.39, 0.29) is 16.5 Å². The van der Waals surface area contributed by atoms with Crippen molar-refractivity contribution in [3.63, 3.8) is 0 Å². The molecule has 5 rings (SSSR count). The van der Waals surface area contributed by atoms with Crippen LogP contribution in [0.2, 0.25) is 10.0 Å². The number of hydrogen-bond acceptors (Lipinski definition) is 5. The molecule has 1 amide bonds. The number of aromatic nitrogens is 2. The van der Waals surface area contributed by atoms with Crippen molar-refractivity contribution >= 4 is 55.9 Å². The van der Waals surface area contributed by atoms with E-state index in [2.05, 4.69) is 15.9 Å². The maximum Gasteiger partial charge on any atom is 0.266 e. The molecule has 0 fully saturated rings. The second kappa shape index (κ2) is 13.2. The number of benzene rings is 4. The van der Waals surface area contributed by atoms with Gasteiger partial charge in [0.05, 0.1) is 51.9 Å². The molecule has 10 heteroatoms. The number of rotatable bonds is 9.